The Balaban J connectivity index is 1.55. The summed E-state index contributed by atoms with van der Waals surface area (Å²) < 4.78 is 0. The summed E-state index contributed by atoms with van der Waals surface area (Å²) in [7, 11) is 0. The van der Waals surface area contributed by atoms with Crippen LogP contribution in [0, 0.1) is 18.3 Å². The van der Waals surface area contributed by atoms with Crippen molar-refractivity contribution in [2.75, 3.05) is 0 Å². The maximum Gasteiger partial charge on any atom is 0.261 e. The Morgan fingerprint density at radius 3 is 2.88 bits per heavy atom. The van der Waals surface area contributed by atoms with E-state index in [4.69, 9.17) is 5.26 Å². The van der Waals surface area contributed by atoms with E-state index in [1.807, 2.05) is 48.7 Å². The molecule has 1 amide bonds. The zero-order valence-corrected chi connectivity index (χ0v) is 14.6. The molecule has 10 heteroatoms. The normalized spacial score (nSPS) is 11.0. The Kier molecular flexibility index (Phi) is 5.31. The average molecular weight is 366 g/mol. The predicted molar refractivity (Wildman–Crippen MR) is 95.0 cm³/mol. The van der Waals surface area contributed by atoms with Gasteiger partial charge in [0.2, 0.25) is 5.82 Å². The molecular weight excluding hydrogens is 352 g/mol. The number of nitrogens with zero attached hydrogens (tertiary/aromatic N) is 6. The van der Waals surface area contributed by atoms with E-state index >= 15 is 0 Å². The maximum atomic E-state index is 11.9. The topological polar surface area (TPSA) is 121 Å². The summed E-state index contributed by atoms with van der Waals surface area (Å²) >= 11 is 1.36. The molecule has 0 fully saturated rings. The van der Waals surface area contributed by atoms with Crippen LogP contribution in [0.3, 0.4) is 0 Å². The van der Waals surface area contributed by atoms with Crippen molar-refractivity contribution in [1.29, 1.82) is 5.26 Å². The van der Waals surface area contributed by atoms with Crippen LogP contribution in [0.25, 0.3) is 17.0 Å². The Labute approximate surface area is 153 Å². The molecule has 130 valence electrons. The average Bonchev–Trinajstić information content (AvgIpc) is 3.29. The molecule has 0 aliphatic carbocycles. The van der Waals surface area contributed by atoms with Gasteiger partial charge in [-0.2, -0.15) is 10.1 Å². The lowest BCUT2D eigenvalue weighted by molar-refractivity contribution is -0.122. The largest absolute Gasteiger partial charge is 0.304 e. The number of rotatable bonds is 6. The molecule has 1 aromatic carbocycles. The third kappa shape index (κ3) is 4.28. The molecule has 0 aliphatic heterocycles. The molecule has 2 aromatic heterocycles. The molecule has 0 unspecified atom stereocenters. The number of tetrazole rings is 1. The number of thiazole rings is 1. The first kappa shape index (κ1) is 17.2. The standard InChI is InChI=1S/C16H14N8OS/c1-11-10-26-16(19-11)13(7-17)8-18-20-14(25)9-24-22-15(21-23-24)12-5-3-2-4-6-12/h2-6,8,10,18H,9H2,1H3,(H,20,25)/b13-8+. The Bertz CT molecular complexity index is 970. The first-order chi connectivity index (χ1) is 12.7. The van der Waals surface area contributed by atoms with Gasteiger partial charge in [-0.05, 0) is 12.1 Å². The van der Waals surface area contributed by atoms with E-state index in [9.17, 15) is 4.79 Å². The zero-order valence-electron chi connectivity index (χ0n) is 13.7. The van der Waals surface area contributed by atoms with Crippen LogP contribution < -0.4 is 10.9 Å². The molecule has 3 rings (SSSR count). The number of hydrogen-bond acceptors (Lipinski definition) is 8. The van der Waals surface area contributed by atoms with Crippen molar-refractivity contribution in [2.24, 2.45) is 0 Å². The molecular formula is C16H14N8OS. The van der Waals surface area contributed by atoms with E-state index in [1.165, 1.54) is 22.3 Å². The zero-order chi connectivity index (χ0) is 18.4. The number of nitriles is 1. The number of carbonyl (C=O) groups excluding carboxylic acids is 1. The van der Waals surface area contributed by atoms with Gasteiger partial charge < -0.3 is 5.43 Å². The van der Waals surface area contributed by atoms with Crippen LogP contribution in [-0.2, 0) is 11.3 Å². The summed E-state index contributed by atoms with van der Waals surface area (Å²) in [4.78, 5) is 17.4. The molecule has 0 aliphatic rings. The number of hydrazine groups is 1. The third-order valence-electron chi connectivity index (χ3n) is 3.17. The maximum absolute atomic E-state index is 11.9. The van der Waals surface area contributed by atoms with E-state index in [-0.39, 0.29) is 12.5 Å². The van der Waals surface area contributed by atoms with Crippen molar-refractivity contribution in [2.45, 2.75) is 13.5 Å². The van der Waals surface area contributed by atoms with Crippen LogP contribution in [-0.4, -0.2) is 31.1 Å². The summed E-state index contributed by atoms with van der Waals surface area (Å²) in [6.45, 7) is 1.73. The van der Waals surface area contributed by atoms with Crippen molar-refractivity contribution in [3.05, 3.63) is 52.6 Å². The number of allylic oxidation sites excluding steroid dienone is 1. The van der Waals surface area contributed by atoms with Crippen LogP contribution in [0.4, 0.5) is 0 Å². The van der Waals surface area contributed by atoms with E-state index < -0.39 is 0 Å². The number of benzene rings is 1. The Morgan fingerprint density at radius 2 is 2.19 bits per heavy atom. The highest BCUT2D eigenvalue weighted by Crippen LogP contribution is 2.17. The van der Waals surface area contributed by atoms with Gasteiger partial charge in [0.25, 0.3) is 5.91 Å². The van der Waals surface area contributed by atoms with Gasteiger partial charge in [-0.15, -0.1) is 21.5 Å². The Hall–Kier alpha value is -3.58. The molecule has 0 radical (unpaired) electrons. The van der Waals surface area contributed by atoms with Gasteiger partial charge in [0.15, 0.2) is 0 Å². The highest BCUT2D eigenvalue weighted by Gasteiger charge is 2.09. The molecule has 0 bridgehead atoms. The van der Waals surface area contributed by atoms with Crippen LogP contribution in [0.5, 0.6) is 0 Å². The second-order valence-corrected chi connectivity index (χ2v) is 6.02. The molecule has 2 N–H and O–H groups in total. The highest BCUT2D eigenvalue weighted by molar-refractivity contribution is 7.10. The molecule has 9 nitrogen and oxygen atoms in total. The summed E-state index contributed by atoms with van der Waals surface area (Å²) in [6.07, 6.45) is 1.39. The SMILES string of the molecule is Cc1csc(/C(C#N)=C/NNC(=O)Cn2nnc(-c3ccccc3)n2)n1. The first-order valence-corrected chi connectivity index (χ1v) is 8.44. The number of aryl methyl sites for hydroxylation is 1. The van der Waals surface area contributed by atoms with E-state index in [2.05, 4.69) is 31.2 Å². The number of carbonyl (C=O) groups is 1. The van der Waals surface area contributed by atoms with Gasteiger partial charge in [0, 0.05) is 22.8 Å². The van der Waals surface area contributed by atoms with Gasteiger partial charge in [0.1, 0.15) is 23.2 Å². The lowest BCUT2D eigenvalue weighted by Crippen LogP contribution is -2.36. The van der Waals surface area contributed by atoms with Crippen molar-refractivity contribution in [3.63, 3.8) is 0 Å². The molecule has 2 heterocycles. The van der Waals surface area contributed by atoms with Gasteiger partial charge in [-0.1, -0.05) is 30.3 Å². The van der Waals surface area contributed by atoms with Crippen LogP contribution in [0.2, 0.25) is 0 Å². The molecule has 0 atom stereocenters. The number of nitrogens with one attached hydrogen (secondary N) is 2. The van der Waals surface area contributed by atoms with Gasteiger partial charge in [-0.25, -0.2) is 4.98 Å². The van der Waals surface area contributed by atoms with Crippen molar-refractivity contribution >= 4 is 22.8 Å². The lowest BCUT2D eigenvalue weighted by Gasteiger charge is -2.03. The van der Waals surface area contributed by atoms with Gasteiger partial charge in [0.05, 0.1) is 0 Å². The van der Waals surface area contributed by atoms with Crippen molar-refractivity contribution in [3.8, 4) is 17.5 Å². The number of amides is 1. The smallest absolute Gasteiger partial charge is 0.261 e. The number of hydrogen-bond donors (Lipinski definition) is 2. The predicted octanol–water partition coefficient (Wildman–Crippen LogP) is 1.29. The minimum Gasteiger partial charge on any atom is -0.304 e. The van der Waals surface area contributed by atoms with E-state index in [0.29, 0.717) is 16.4 Å². The van der Waals surface area contributed by atoms with Crippen LogP contribution in [0.15, 0.2) is 41.9 Å². The fourth-order valence-electron chi connectivity index (χ4n) is 1.99. The van der Waals surface area contributed by atoms with Gasteiger partial charge in [-0.3, -0.25) is 10.2 Å². The fraction of sp³-hybridized carbons (Fsp3) is 0.125. The van der Waals surface area contributed by atoms with E-state index in [0.717, 1.165) is 11.3 Å². The highest BCUT2D eigenvalue weighted by atomic mass is 32.1. The lowest BCUT2D eigenvalue weighted by atomic mass is 10.2. The van der Waals surface area contributed by atoms with Crippen LogP contribution >= 0.6 is 11.3 Å². The second-order valence-electron chi connectivity index (χ2n) is 5.17. The summed E-state index contributed by atoms with van der Waals surface area (Å²) in [5.74, 6) is 0.0584. The van der Waals surface area contributed by atoms with Crippen molar-refractivity contribution in [1.82, 2.24) is 36.0 Å². The summed E-state index contributed by atoms with van der Waals surface area (Å²) in [5.41, 5.74) is 7.03. The fourth-order valence-corrected chi connectivity index (χ4v) is 2.75. The first-order valence-electron chi connectivity index (χ1n) is 7.56. The quantitative estimate of drug-likeness (QED) is 0.498. The monoisotopic (exact) mass is 366 g/mol. The van der Waals surface area contributed by atoms with E-state index in [1.54, 1.807) is 0 Å². The summed E-state index contributed by atoms with van der Waals surface area (Å²) in [5, 5.41) is 23.5. The van der Waals surface area contributed by atoms with Gasteiger partial charge >= 0.3 is 0 Å². The molecule has 3 aromatic rings. The number of aromatic nitrogens is 5. The second kappa shape index (κ2) is 8.00. The molecule has 26 heavy (non-hydrogen) atoms. The van der Waals surface area contributed by atoms with Crippen molar-refractivity contribution < 1.29 is 4.79 Å². The molecule has 0 spiro atoms. The molecule has 0 saturated carbocycles. The minimum atomic E-state index is -0.383. The summed E-state index contributed by atoms with van der Waals surface area (Å²) in [6, 6.07) is 11.4. The Morgan fingerprint density at radius 1 is 1.38 bits per heavy atom. The third-order valence-corrected chi connectivity index (χ3v) is 4.16. The molecule has 0 saturated heterocycles. The van der Waals surface area contributed by atoms with Crippen LogP contribution in [0.1, 0.15) is 10.7 Å². The minimum absolute atomic E-state index is 0.112.